The number of nitrogens with one attached hydrogen (secondary N) is 1. The van der Waals surface area contributed by atoms with Crippen LogP contribution in [0.25, 0.3) is 0 Å². The second kappa shape index (κ2) is 8.02. The number of nitrogens with zero attached hydrogens (tertiary/aromatic N) is 1. The first-order valence-corrected chi connectivity index (χ1v) is 9.29. The smallest absolute Gasteiger partial charge is 0.405 e. The number of carbonyl (C=O) groups is 1. The molecule has 0 saturated heterocycles. The van der Waals surface area contributed by atoms with Gasteiger partial charge in [-0.05, 0) is 32.3 Å². The molecule has 2 N–H and O–H groups in total. The van der Waals surface area contributed by atoms with Gasteiger partial charge in [-0.15, -0.1) is 0 Å². The lowest BCUT2D eigenvalue weighted by atomic mass is 9.94. The molecule has 0 atom stereocenters. The van der Waals surface area contributed by atoms with E-state index in [1.54, 1.807) is 19.9 Å². The molecule has 0 spiro atoms. The molecule has 1 amide bonds. The van der Waals surface area contributed by atoms with Gasteiger partial charge in [0.15, 0.2) is 0 Å². The maximum Gasteiger partial charge on any atom is 0.405 e. The van der Waals surface area contributed by atoms with Crippen molar-refractivity contribution in [2.45, 2.75) is 32.2 Å². The zero-order valence-corrected chi connectivity index (χ0v) is 15.0. The second-order valence-corrected chi connectivity index (χ2v) is 8.31. The molecule has 7 nitrogen and oxygen atoms in total. The van der Waals surface area contributed by atoms with Crippen molar-refractivity contribution in [2.24, 2.45) is 0 Å². The zero-order valence-electron chi connectivity index (χ0n) is 14.2. The van der Waals surface area contributed by atoms with Gasteiger partial charge in [-0.1, -0.05) is 5.92 Å². The molecule has 24 heavy (non-hydrogen) atoms. The van der Waals surface area contributed by atoms with Crippen LogP contribution in [0.5, 0.6) is 5.75 Å². The van der Waals surface area contributed by atoms with Crippen molar-refractivity contribution in [2.75, 3.05) is 19.1 Å². The molecule has 0 aliphatic rings. The Morgan fingerprint density at radius 2 is 2.12 bits per heavy atom. The van der Waals surface area contributed by atoms with E-state index in [1.165, 1.54) is 13.3 Å². The fourth-order valence-corrected chi connectivity index (χ4v) is 2.55. The van der Waals surface area contributed by atoms with Crippen molar-refractivity contribution < 1.29 is 23.1 Å². The highest BCUT2D eigenvalue weighted by Gasteiger charge is 2.22. The molecule has 8 heteroatoms. The number of aromatic nitrogens is 1. The van der Waals surface area contributed by atoms with Crippen LogP contribution in [0.15, 0.2) is 12.3 Å². The van der Waals surface area contributed by atoms with Gasteiger partial charge in [-0.25, -0.2) is 18.2 Å². The van der Waals surface area contributed by atoms with Gasteiger partial charge in [0.2, 0.25) is 0 Å². The van der Waals surface area contributed by atoms with Gasteiger partial charge in [-0.2, -0.15) is 0 Å². The molecule has 1 aromatic heterocycles. The highest BCUT2D eigenvalue weighted by atomic mass is 32.2. The Labute approximate surface area is 142 Å². The van der Waals surface area contributed by atoms with E-state index < -0.39 is 21.5 Å². The minimum absolute atomic E-state index is 0.00141. The number of hydrogen-bond acceptors (Lipinski definition) is 5. The van der Waals surface area contributed by atoms with E-state index in [1.807, 2.05) is 0 Å². The van der Waals surface area contributed by atoms with Gasteiger partial charge in [-0.3, -0.25) is 0 Å². The Kier molecular flexibility index (Phi) is 6.60. The monoisotopic (exact) mass is 354 g/mol. The second-order valence-electron chi connectivity index (χ2n) is 6.05. The van der Waals surface area contributed by atoms with E-state index in [2.05, 4.69) is 22.1 Å². The van der Waals surface area contributed by atoms with Crippen molar-refractivity contribution in [1.29, 1.82) is 0 Å². The third-order valence-corrected chi connectivity index (χ3v) is 4.01. The van der Waals surface area contributed by atoms with Crippen LogP contribution in [0.1, 0.15) is 31.5 Å². The van der Waals surface area contributed by atoms with Gasteiger partial charge in [0, 0.05) is 23.8 Å². The van der Waals surface area contributed by atoms with Crippen LogP contribution in [0, 0.1) is 11.8 Å². The third-order valence-electron chi connectivity index (χ3n) is 3.06. The molecule has 1 heterocycles. The highest BCUT2D eigenvalue weighted by Crippen LogP contribution is 2.23. The normalized spacial score (nSPS) is 11.3. The Hall–Kier alpha value is -2.27. The molecular weight excluding hydrogens is 332 g/mol. The Morgan fingerprint density at radius 3 is 2.67 bits per heavy atom. The third kappa shape index (κ3) is 7.33. The van der Waals surface area contributed by atoms with Crippen LogP contribution in [0.3, 0.4) is 0 Å². The maximum atomic E-state index is 11.1. The SMILES string of the molecule is COc1cnc(C#CCCS(C)(=O)=O)cc1CC(C)(C)NC(=O)O. The topological polar surface area (TPSA) is 106 Å². The van der Waals surface area contributed by atoms with E-state index in [-0.39, 0.29) is 12.2 Å². The molecule has 0 radical (unpaired) electrons. The summed E-state index contributed by atoms with van der Waals surface area (Å²) in [6.07, 6.45) is 2.20. The summed E-state index contributed by atoms with van der Waals surface area (Å²) in [6, 6.07) is 1.72. The summed E-state index contributed by atoms with van der Waals surface area (Å²) in [5.74, 6) is 6.13. The number of pyridine rings is 1. The van der Waals surface area contributed by atoms with Crippen LogP contribution >= 0.6 is 0 Å². The molecule has 0 aliphatic heterocycles. The number of ether oxygens (including phenoxy) is 1. The van der Waals surface area contributed by atoms with Crippen molar-refractivity contribution in [1.82, 2.24) is 10.3 Å². The standard InChI is InChI=1S/C16H22N2O5S/c1-16(2,18-15(19)20)10-12-9-13(17-11-14(12)23-3)7-5-6-8-24(4,21)22/h9,11,18H,6,8,10H2,1-4H3,(H,19,20). The first-order valence-electron chi connectivity index (χ1n) is 7.23. The molecule has 0 fully saturated rings. The summed E-state index contributed by atoms with van der Waals surface area (Å²) in [7, 11) is -1.53. The van der Waals surface area contributed by atoms with E-state index >= 15 is 0 Å². The first-order chi connectivity index (χ1) is 11.0. The minimum atomic E-state index is -3.04. The number of carboxylic acid groups (broad SMARTS) is 1. The molecule has 1 rings (SSSR count). The van der Waals surface area contributed by atoms with Crippen LogP contribution in [0.2, 0.25) is 0 Å². The molecule has 0 bridgehead atoms. The summed E-state index contributed by atoms with van der Waals surface area (Å²) in [4.78, 5) is 15.0. The Balaban J connectivity index is 2.96. The summed E-state index contributed by atoms with van der Waals surface area (Å²) in [5.41, 5.74) is 0.547. The largest absolute Gasteiger partial charge is 0.495 e. The predicted molar refractivity (Wildman–Crippen MR) is 90.9 cm³/mol. The van der Waals surface area contributed by atoms with Crippen molar-refractivity contribution in [3.05, 3.63) is 23.5 Å². The molecule has 0 aliphatic carbocycles. The Morgan fingerprint density at radius 1 is 1.46 bits per heavy atom. The summed E-state index contributed by atoms with van der Waals surface area (Å²) >= 11 is 0. The van der Waals surface area contributed by atoms with E-state index in [4.69, 9.17) is 9.84 Å². The molecular formula is C16H22N2O5S. The number of hydrogen-bond donors (Lipinski definition) is 2. The lowest BCUT2D eigenvalue weighted by Crippen LogP contribution is -2.44. The lowest BCUT2D eigenvalue weighted by molar-refractivity contribution is 0.182. The molecule has 132 valence electrons. The van der Waals surface area contributed by atoms with Gasteiger partial charge in [0.05, 0.1) is 19.1 Å². The van der Waals surface area contributed by atoms with Crippen molar-refractivity contribution in [3.63, 3.8) is 0 Å². The number of sulfone groups is 1. The van der Waals surface area contributed by atoms with Crippen molar-refractivity contribution >= 4 is 15.9 Å². The van der Waals surface area contributed by atoms with Crippen LogP contribution in [-0.4, -0.2) is 49.3 Å². The number of amides is 1. The van der Waals surface area contributed by atoms with E-state index in [0.29, 0.717) is 17.9 Å². The predicted octanol–water partition coefficient (Wildman–Crippen LogP) is 1.47. The number of methoxy groups -OCH3 is 1. The van der Waals surface area contributed by atoms with Crippen molar-refractivity contribution in [3.8, 4) is 17.6 Å². The van der Waals surface area contributed by atoms with Crippen LogP contribution in [0.4, 0.5) is 4.79 Å². The summed E-state index contributed by atoms with van der Waals surface area (Å²) in [5, 5.41) is 11.3. The molecule has 0 unspecified atom stereocenters. The molecule has 0 aromatic carbocycles. The van der Waals surface area contributed by atoms with Gasteiger partial charge < -0.3 is 15.2 Å². The fourth-order valence-electron chi connectivity index (χ4n) is 2.07. The number of rotatable bonds is 6. The average Bonchev–Trinajstić information content (AvgIpc) is 2.41. The van der Waals surface area contributed by atoms with E-state index in [9.17, 15) is 13.2 Å². The van der Waals surface area contributed by atoms with Crippen LogP contribution < -0.4 is 10.1 Å². The van der Waals surface area contributed by atoms with Gasteiger partial charge in [0.25, 0.3) is 0 Å². The maximum absolute atomic E-state index is 11.1. The molecule has 0 saturated carbocycles. The average molecular weight is 354 g/mol. The summed E-state index contributed by atoms with van der Waals surface area (Å²) in [6.45, 7) is 3.52. The zero-order chi connectivity index (χ0) is 18.4. The Bertz CT molecular complexity index is 760. The summed E-state index contributed by atoms with van der Waals surface area (Å²) < 4.78 is 27.4. The van der Waals surface area contributed by atoms with Gasteiger partial charge >= 0.3 is 6.09 Å². The minimum Gasteiger partial charge on any atom is -0.495 e. The molecule has 1 aromatic rings. The van der Waals surface area contributed by atoms with Crippen LogP contribution in [-0.2, 0) is 16.3 Å². The highest BCUT2D eigenvalue weighted by molar-refractivity contribution is 7.90. The van der Waals surface area contributed by atoms with E-state index in [0.717, 1.165) is 11.8 Å². The fraction of sp³-hybridized carbons (Fsp3) is 0.500. The van der Waals surface area contributed by atoms with Gasteiger partial charge in [0.1, 0.15) is 21.3 Å². The lowest BCUT2D eigenvalue weighted by Gasteiger charge is -2.25. The quantitative estimate of drug-likeness (QED) is 0.749. The first kappa shape index (κ1) is 19.8.